The number of aliphatic hydroxyl groups excluding tert-OH is 2. The van der Waals surface area contributed by atoms with Gasteiger partial charge in [0.05, 0.1) is 18.1 Å². The molecule has 13 nitrogen and oxygen atoms in total. The van der Waals surface area contributed by atoms with Crippen molar-refractivity contribution in [3.8, 4) is 5.75 Å². The average molecular weight is 737 g/mol. The molecule has 0 radical (unpaired) electrons. The fraction of sp³-hybridized carbons (Fsp3) is 0.525. The highest BCUT2D eigenvalue weighted by molar-refractivity contribution is 5.93. The SMILES string of the molecule is C=C/C=C(\C)[C@@H]1C/C=C/C=C/[C@H](O)[C@H](C)[C@@H](O)[C@@H](CCC(C)=O)C(=O)N[C@@H](C(C)C)C(=O)N[C@@H](Cc2cccc(O)c2)C(=O)N2CCC[C@H](N2)C(=O)O1. The molecule has 0 spiro atoms. The number of rotatable bonds is 8. The maximum absolute atomic E-state index is 14.2. The van der Waals surface area contributed by atoms with Crippen molar-refractivity contribution in [1.82, 2.24) is 21.1 Å². The largest absolute Gasteiger partial charge is 0.508 e. The van der Waals surface area contributed by atoms with Gasteiger partial charge in [-0.2, -0.15) is 0 Å². The molecule has 2 bridgehead atoms. The number of hydrogen-bond acceptors (Lipinski definition) is 10. The summed E-state index contributed by atoms with van der Waals surface area (Å²) in [5.41, 5.74) is 4.28. The summed E-state index contributed by atoms with van der Waals surface area (Å²) in [6, 6.07) is 3.08. The van der Waals surface area contributed by atoms with E-state index in [-0.39, 0.29) is 43.8 Å². The summed E-state index contributed by atoms with van der Waals surface area (Å²) in [5.74, 6) is -5.13. The summed E-state index contributed by atoms with van der Waals surface area (Å²) < 4.78 is 5.93. The lowest BCUT2D eigenvalue weighted by molar-refractivity contribution is -0.156. The molecular weight excluding hydrogens is 680 g/mol. The number of esters is 1. The topological polar surface area (TPSA) is 195 Å². The number of hydrazine groups is 1. The lowest BCUT2D eigenvalue weighted by atomic mass is 9.84. The van der Waals surface area contributed by atoms with E-state index < -0.39 is 77.9 Å². The minimum atomic E-state index is -1.39. The number of Topliss-reactive ketones (excluding diaryl/α,β-unsaturated/α-hetero) is 1. The summed E-state index contributed by atoms with van der Waals surface area (Å²) in [6.07, 6.45) is 7.71. The highest BCUT2D eigenvalue weighted by Gasteiger charge is 2.38. The summed E-state index contributed by atoms with van der Waals surface area (Å²) in [7, 11) is 0. The number of hydrogen-bond donors (Lipinski definition) is 6. The Morgan fingerprint density at radius 3 is 2.49 bits per heavy atom. The Kier molecular flexibility index (Phi) is 16.6. The van der Waals surface area contributed by atoms with Crippen molar-refractivity contribution in [3.63, 3.8) is 0 Å². The Hall–Kier alpha value is -4.59. The van der Waals surface area contributed by atoms with E-state index in [4.69, 9.17) is 4.74 Å². The van der Waals surface area contributed by atoms with Crippen LogP contribution in [0.2, 0.25) is 0 Å². The van der Waals surface area contributed by atoms with Crippen LogP contribution in [0.15, 0.2) is 72.9 Å². The average Bonchev–Trinajstić information content (AvgIpc) is 3.11. The lowest BCUT2D eigenvalue weighted by Gasteiger charge is -2.36. The third-order valence-electron chi connectivity index (χ3n) is 9.64. The molecule has 53 heavy (non-hydrogen) atoms. The van der Waals surface area contributed by atoms with Gasteiger partial charge in [-0.15, -0.1) is 0 Å². The molecule has 0 aromatic heterocycles. The van der Waals surface area contributed by atoms with E-state index in [0.29, 0.717) is 18.4 Å². The first-order chi connectivity index (χ1) is 25.1. The molecule has 1 saturated heterocycles. The number of benzene rings is 1. The molecule has 290 valence electrons. The number of ether oxygens (including phenoxy) is 1. The number of amides is 3. The number of phenolic OH excluding ortho intramolecular Hbond substituents is 1. The van der Waals surface area contributed by atoms with Crippen LogP contribution in [0.4, 0.5) is 0 Å². The molecule has 1 aromatic carbocycles. The van der Waals surface area contributed by atoms with Crippen LogP contribution in [0.3, 0.4) is 0 Å². The van der Waals surface area contributed by atoms with Crippen molar-refractivity contribution in [1.29, 1.82) is 0 Å². The van der Waals surface area contributed by atoms with Gasteiger partial charge in [0.1, 0.15) is 35.8 Å². The van der Waals surface area contributed by atoms with Crippen LogP contribution in [0.5, 0.6) is 5.75 Å². The summed E-state index contributed by atoms with van der Waals surface area (Å²) in [4.78, 5) is 67.5. The van der Waals surface area contributed by atoms with Gasteiger partial charge >= 0.3 is 5.97 Å². The van der Waals surface area contributed by atoms with Gasteiger partial charge in [-0.05, 0) is 62.3 Å². The van der Waals surface area contributed by atoms with Gasteiger partial charge in [-0.25, -0.2) is 5.43 Å². The van der Waals surface area contributed by atoms with Gasteiger partial charge in [0.2, 0.25) is 11.8 Å². The minimum Gasteiger partial charge on any atom is -0.508 e. The zero-order valence-electron chi connectivity index (χ0n) is 31.4. The van der Waals surface area contributed by atoms with Crippen LogP contribution in [0, 0.1) is 17.8 Å². The maximum atomic E-state index is 14.2. The molecular formula is C40H56N4O9. The second-order valence-corrected chi connectivity index (χ2v) is 14.3. The quantitative estimate of drug-likeness (QED) is 0.171. The molecule has 0 saturated carbocycles. The van der Waals surface area contributed by atoms with Crippen LogP contribution in [-0.2, 0) is 35.1 Å². The first-order valence-electron chi connectivity index (χ1n) is 18.3. The Morgan fingerprint density at radius 2 is 1.83 bits per heavy atom. The monoisotopic (exact) mass is 736 g/mol. The fourth-order valence-electron chi connectivity index (χ4n) is 6.34. The van der Waals surface area contributed by atoms with E-state index in [2.05, 4.69) is 22.6 Å². The third kappa shape index (κ3) is 12.8. The van der Waals surface area contributed by atoms with E-state index in [1.165, 1.54) is 30.1 Å². The summed E-state index contributed by atoms with van der Waals surface area (Å²) in [6.45, 7) is 12.2. The second-order valence-electron chi connectivity index (χ2n) is 14.3. The number of aliphatic hydroxyl groups is 2. The molecule has 13 heteroatoms. The third-order valence-corrected chi connectivity index (χ3v) is 9.64. The van der Waals surface area contributed by atoms with Gasteiger partial charge < -0.3 is 35.5 Å². The molecule has 0 unspecified atom stereocenters. The molecule has 3 amide bonds. The number of carbonyl (C=O) groups excluding carboxylic acids is 5. The molecule has 2 heterocycles. The van der Waals surface area contributed by atoms with Crippen LogP contribution in [-0.4, -0.2) is 92.8 Å². The Morgan fingerprint density at radius 1 is 1.09 bits per heavy atom. The summed E-state index contributed by atoms with van der Waals surface area (Å²) in [5, 5.41) is 39.3. The number of phenols is 1. The van der Waals surface area contributed by atoms with E-state index in [9.17, 15) is 39.3 Å². The number of nitrogens with zero attached hydrogens (tertiary/aromatic N) is 1. The predicted octanol–water partition coefficient (Wildman–Crippen LogP) is 2.96. The highest BCUT2D eigenvalue weighted by atomic mass is 16.5. The van der Waals surface area contributed by atoms with Crippen molar-refractivity contribution in [3.05, 3.63) is 78.4 Å². The molecule has 0 aliphatic carbocycles. The Balaban J connectivity index is 2.07. The molecule has 3 rings (SSSR count). The zero-order valence-corrected chi connectivity index (χ0v) is 31.4. The van der Waals surface area contributed by atoms with Crippen LogP contribution >= 0.6 is 0 Å². The van der Waals surface area contributed by atoms with Crippen molar-refractivity contribution >= 4 is 29.5 Å². The van der Waals surface area contributed by atoms with Gasteiger partial charge in [0.15, 0.2) is 0 Å². The van der Waals surface area contributed by atoms with Crippen LogP contribution < -0.4 is 16.1 Å². The normalized spacial score (nSPS) is 29.9. The van der Waals surface area contributed by atoms with Crippen molar-refractivity contribution in [2.75, 3.05) is 6.54 Å². The number of aromatic hydroxyl groups is 1. The van der Waals surface area contributed by atoms with Crippen molar-refractivity contribution in [2.45, 2.75) is 110 Å². The molecule has 2 aliphatic heterocycles. The van der Waals surface area contributed by atoms with E-state index in [1.807, 2.05) is 6.92 Å². The number of cyclic esters (lactones) is 1. The maximum Gasteiger partial charge on any atom is 0.325 e. The first-order valence-corrected chi connectivity index (χ1v) is 18.3. The first kappa shape index (κ1) is 42.8. The smallest absolute Gasteiger partial charge is 0.325 e. The van der Waals surface area contributed by atoms with Gasteiger partial charge in [0.25, 0.3) is 5.91 Å². The van der Waals surface area contributed by atoms with E-state index in [1.54, 1.807) is 63.3 Å². The van der Waals surface area contributed by atoms with E-state index in [0.717, 1.165) is 5.57 Å². The Labute approximate surface area is 312 Å². The van der Waals surface area contributed by atoms with Gasteiger partial charge in [0, 0.05) is 31.7 Å². The number of nitrogens with one attached hydrogen (secondary N) is 3. The number of ketones is 1. The van der Waals surface area contributed by atoms with Gasteiger partial charge in [-0.1, -0.05) is 75.9 Å². The predicted molar refractivity (Wildman–Crippen MR) is 200 cm³/mol. The molecule has 8 atom stereocenters. The minimum absolute atomic E-state index is 0.00906. The molecule has 1 fully saturated rings. The molecule has 2 aliphatic rings. The number of allylic oxidation sites excluding steroid dienone is 4. The van der Waals surface area contributed by atoms with Crippen LogP contribution in [0.25, 0.3) is 0 Å². The van der Waals surface area contributed by atoms with E-state index >= 15 is 0 Å². The van der Waals surface area contributed by atoms with Crippen molar-refractivity contribution < 1.29 is 44.0 Å². The number of fused-ring (bicyclic) bond motifs is 2. The Bertz CT molecular complexity index is 1550. The summed E-state index contributed by atoms with van der Waals surface area (Å²) >= 11 is 0. The lowest BCUT2D eigenvalue weighted by Crippen LogP contribution is -2.62. The second kappa shape index (κ2) is 20.6. The number of carbonyl (C=O) groups is 5. The molecule has 6 N–H and O–H groups in total. The van der Waals surface area contributed by atoms with Crippen molar-refractivity contribution in [2.24, 2.45) is 17.8 Å². The zero-order chi connectivity index (χ0) is 39.2. The fourth-order valence-corrected chi connectivity index (χ4v) is 6.34. The molecule has 1 aromatic rings. The standard InChI is InChI=1S/C40H56N4O9/c1-7-13-25(4)34-18-10-8-9-17-33(47)27(6)36(48)30(20-19-26(5)45)37(49)42-35(24(2)3)38(50)41-32(23-28-14-11-15-29(46)22-28)39(51)44-21-12-16-31(43-44)40(52)53-34/h7-11,13-15,17,22,24,27,30-36,43,46-48H,1,12,16,18-21,23H2,2-6H3,(H,41,50)(H,42,49)/b10-8+,17-9+,25-13+/t27-,30+,31-,32-,33-,34-,35-,36+/m0/s1. The van der Waals surface area contributed by atoms with Gasteiger partial charge in [-0.3, -0.25) is 24.2 Å². The van der Waals surface area contributed by atoms with Crippen LogP contribution in [0.1, 0.15) is 72.3 Å². The highest BCUT2D eigenvalue weighted by Crippen LogP contribution is 2.24.